The van der Waals surface area contributed by atoms with E-state index in [9.17, 15) is 14.4 Å². The van der Waals surface area contributed by atoms with E-state index in [0.29, 0.717) is 53.2 Å². The van der Waals surface area contributed by atoms with Crippen molar-refractivity contribution in [2.45, 2.75) is 38.9 Å². The minimum Gasteiger partial charge on any atom is -0.497 e. The fourth-order valence-electron chi connectivity index (χ4n) is 5.07. The van der Waals surface area contributed by atoms with E-state index in [1.807, 2.05) is 67.0 Å². The highest BCUT2D eigenvalue weighted by atomic mass is 35.5. The van der Waals surface area contributed by atoms with Crippen molar-refractivity contribution in [1.82, 2.24) is 25.4 Å². The van der Waals surface area contributed by atoms with Gasteiger partial charge in [0.05, 0.1) is 24.9 Å². The van der Waals surface area contributed by atoms with Crippen LogP contribution in [0.15, 0.2) is 71.7 Å². The number of aromatic nitrogens is 3. The van der Waals surface area contributed by atoms with E-state index < -0.39 is 14.4 Å². The molecule has 0 spiro atoms. The van der Waals surface area contributed by atoms with Crippen LogP contribution in [0.4, 0.5) is 0 Å². The smallest absolute Gasteiger partial charge is 0.251 e. The Bertz CT molecular complexity index is 1700. The zero-order valence-electron chi connectivity index (χ0n) is 25.1. The summed E-state index contributed by atoms with van der Waals surface area (Å²) < 4.78 is 7.46. The summed E-state index contributed by atoms with van der Waals surface area (Å²) in [6, 6.07) is 19.6. The van der Waals surface area contributed by atoms with Crippen molar-refractivity contribution in [3.8, 4) is 11.4 Å². The fraction of sp³-hybridized carbons (Fsp3) is 0.281. The number of aliphatic imine (C=N–C) groups is 1. The highest BCUT2D eigenvalue weighted by Crippen LogP contribution is 2.34. The molecule has 1 aliphatic heterocycles. The molecule has 0 saturated carbocycles. The monoisotopic (exact) mass is 630 g/mol. The molecular weight excluding hydrogens is 596 g/mol. The number of benzene rings is 3. The first-order chi connectivity index (χ1) is 21.0. The molecular formula is C32H35ClN6O4Si. The van der Waals surface area contributed by atoms with Crippen LogP contribution in [0.3, 0.4) is 0 Å². The van der Waals surface area contributed by atoms with Crippen molar-refractivity contribution in [2.75, 3.05) is 20.2 Å². The Morgan fingerprint density at radius 3 is 2.39 bits per heavy atom. The Labute approximate surface area is 262 Å². The zero-order valence-corrected chi connectivity index (χ0v) is 26.9. The number of halogens is 1. The van der Waals surface area contributed by atoms with Crippen LogP contribution in [0, 0.1) is 6.92 Å². The van der Waals surface area contributed by atoms with Crippen LogP contribution < -0.4 is 20.6 Å². The van der Waals surface area contributed by atoms with Gasteiger partial charge in [-0.1, -0.05) is 35.9 Å². The average molecular weight is 631 g/mol. The number of aryl methyl sites for hydroxylation is 1. The number of nitrogens with zero attached hydrogens (tertiary/aromatic N) is 4. The molecule has 0 aliphatic carbocycles. The molecule has 2 heterocycles. The molecule has 0 radical (unpaired) electrons. The minimum absolute atomic E-state index is 0.0591. The molecule has 3 aromatic carbocycles. The molecule has 0 unspecified atom stereocenters. The Balaban J connectivity index is 1.27. The van der Waals surface area contributed by atoms with Gasteiger partial charge in [-0.05, 0) is 74.1 Å². The summed E-state index contributed by atoms with van der Waals surface area (Å²) in [5.74, 6) is 1.53. The Kier molecular flexibility index (Phi) is 9.28. The van der Waals surface area contributed by atoms with Crippen LogP contribution in [0.5, 0.6) is 5.75 Å². The number of fused-ring (bicyclic) bond motifs is 3. The first kappa shape index (κ1) is 31.1. The highest BCUT2D eigenvalue weighted by molar-refractivity contribution is 6.83. The lowest BCUT2D eigenvalue weighted by Gasteiger charge is -2.15. The zero-order chi connectivity index (χ0) is 31.4. The van der Waals surface area contributed by atoms with Crippen molar-refractivity contribution >= 4 is 42.6 Å². The van der Waals surface area contributed by atoms with Gasteiger partial charge in [0.15, 0.2) is 5.82 Å². The molecule has 0 bridgehead atoms. The largest absolute Gasteiger partial charge is 0.497 e. The second-order valence-electron chi connectivity index (χ2n) is 11.1. The predicted octanol–water partition coefficient (Wildman–Crippen LogP) is 3.86. The molecule has 5 rings (SSSR count). The molecule has 228 valence electrons. The van der Waals surface area contributed by atoms with Crippen molar-refractivity contribution in [3.63, 3.8) is 0 Å². The molecule has 4 aromatic rings. The predicted molar refractivity (Wildman–Crippen MR) is 173 cm³/mol. The second-order valence-corrected chi connectivity index (χ2v) is 15.3. The lowest BCUT2D eigenvalue weighted by atomic mass is 10.00. The van der Waals surface area contributed by atoms with Gasteiger partial charge in [-0.25, -0.2) is 0 Å². The van der Waals surface area contributed by atoms with Gasteiger partial charge in [-0.3, -0.25) is 19.1 Å². The van der Waals surface area contributed by atoms with Crippen molar-refractivity contribution in [1.29, 1.82) is 0 Å². The van der Waals surface area contributed by atoms with Crippen LogP contribution in [-0.4, -0.2) is 65.6 Å². The lowest BCUT2D eigenvalue weighted by Crippen LogP contribution is -2.41. The van der Waals surface area contributed by atoms with Gasteiger partial charge in [-0.15, -0.1) is 10.2 Å². The Hall–Kier alpha value is -4.32. The highest BCUT2D eigenvalue weighted by Gasteiger charge is 2.30. The topological polar surface area (TPSA) is 131 Å². The maximum atomic E-state index is 13.2. The molecule has 1 aromatic heterocycles. The number of amides is 2. The van der Waals surface area contributed by atoms with Gasteiger partial charge < -0.3 is 20.2 Å². The number of hydrogen-bond acceptors (Lipinski definition) is 7. The molecule has 1 aliphatic rings. The van der Waals surface area contributed by atoms with Gasteiger partial charge in [0.25, 0.3) is 5.91 Å². The van der Waals surface area contributed by atoms with Crippen molar-refractivity contribution in [3.05, 3.63) is 100 Å². The Morgan fingerprint density at radius 1 is 1.00 bits per heavy atom. The van der Waals surface area contributed by atoms with E-state index in [1.54, 1.807) is 31.4 Å². The minimum atomic E-state index is -2.42. The molecule has 2 amide bonds. The number of rotatable bonds is 10. The molecule has 12 heteroatoms. The fourth-order valence-corrected chi connectivity index (χ4v) is 6.18. The van der Waals surface area contributed by atoms with E-state index >= 15 is 0 Å². The maximum Gasteiger partial charge on any atom is 0.251 e. The third kappa shape index (κ3) is 6.90. The molecule has 44 heavy (non-hydrogen) atoms. The summed E-state index contributed by atoms with van der Waals surface area (Å²) in [7, 11) is -0.804. The average Bonchev–Trinajstić information content (AvgIpc) is 3.33. The summed E-state index contributed by atoms with van der Waals surface area (Å²) in [4.78, 5) is 41.0. The van der Waals surface area contributed by atoms with Crippen LogP contribution in [-0.2, 0) is 4.79 Å². The number of methoxy groups -OCH3 is 1. The van der Waals surface area contributed by atoms with Gasteiger partial charge in [0, 0.05) is 34.8 Å². The lowest BCUT2D eigenvalue weighted by molar-refractivity contribution is -0.121. The van der Waals surface area contributed by atoms with Crippen molar-refractivity contribution < 1.29 is 19.1 Å². The number of carbonyl (C=O) groups excluding carboxylic acids is 2. The van der Waals surface area contributed by atoms with Gasteiger partial charge >= 0.3 is 0 Å². The quantitative estimate of drug-likeness (QED) is 0.180. The normalized spacial score (nSPS) is 14.1. The molecule has 1 atom stereocenters. The molecule has 0 saturated heterocycles. The van der Waals surface area contributed by atoms with E-state index in [4.69, 9.17) is 21.3 Å². The van der Waals surface area contributed by atoms with Gasteiger partial charge in [0.1, 0.15) is 17.6 Å². The standard InChI is InChI=1S/C32H35ClN6O4Si/c1-20-37-38-31-27(19-29(40)34-16-5-17-35-32(41)22-8-13-25(14-9-22)44(3,4)42)36-30(21-6-10-23(33)11-7-21)26-18-24(43-2)12-15-28(26)39(20)31/h6-15,18,27,42H,5,16-17,19H2,1-4H3,(H,34,40)(H,35,41)/t27-/m0/s1. The van der Waals surface area contributed by atoms with Crippen molar-refractivity contribution in [2.24, 2.45) is 4.99 Å². The molecule has 10 nitrogen and oxygen atoms in total. The number of hydrogen-bond donors (Lipinski definition) is 3. The van der Waals surface area contributed by atoms with Crippen LogP contribution >= 0.6 is 11.6 Å². The van der Waals surface area contributed by atoms with E-state index in [1.165, 1.54) is 0 Å². The summed E-state index contributed by atoms with van der Waals surface area (Å²) in [6.45, 7) is 6.31. The third-order valence-corrected chi connectivity index (χ3v) is 9.44. The first-order valence-corrected chi connectivity index (χ1v) is 17.7. The summed E-state index contributed by atoms with van der Waals surface area (Å²) >= 11 is 6.18. The first-order valence-electron chi connectivity index (χ1n) is 14.4. The summed E-state index contributed by atoms with van der Waals surface area (Å²) in [5.41, 5.74) is 3.73. The number of carbonyl (C=O) groups is 2. The Morgan fingerprint density at radius 2 is 1.70 bits per heavy atom. The molecule has 0 fully saturated rings. The van der Waals surface area contributed by atoms with Gasteiger partial charge in [0.2, 0.25) is 14.2 Å². The molecule has 3 N–H and O–H groups in total. The maximum absolute atomic E-state index is 13.2. The van der Waals surface area contributed by atoms with Gasteiger partial charge in [-0.2, -0.15) is 0 Å². The van der Waals surface area contributed by atoms with E-state index in [-0.39, 0.29) is 18.2 Å². The second kappa shape index (κ2) is 13.1. The van der Waals surface area contributed by atoms with Crippen LogP contribution in [0.2, 0.25) is 18.1 Å². The number of nitrogens with one attached hydrogen (secondary N) is 2. The SMILES string of the molecule is COc1ccc2c(c1)C(c1ccc(Cl)cc1)=N[C@@H](CC(=O)NCCCNC(=O)c1ccc([Si](C)(C)O)cc1)c1nnc(C)n1-2. The summed E-state index contributed by atoms with van der Waals surface area (Å²) in [6.07, 6.45) is 0.611. The third-order valence-electron chi connectivity index (χ3n) is 7.44. The van der Waals surface area contributed by atoms with Crippen LogP contribution in [0.1, 0.15) is 52.0 Å². The van der Waals surface area contributed by atoms with Crippen LogP contribution in [0.25, 0.3) is 5.69 Å². The van der Waals surface area contributed by atoms with E-state index in [2.05, 4.69) is 20.8 Å². The summed E-state index contributed by atoms with van der Waals surface area (Å²) in [5, 5.41) is 16.0. The number of ether oxygens (including phenoxy) is 1. The van der Waals surface area contributed by atoms with E-state index in [0.717, 1.165) is 22.0 Å².